The second-order valence-corrected chi connectivity index (χ2v) is 7.29. The van der Waals surface area contributed by atoms with E-state index < -0.39 is 10.0 Å². The summed E-state index contributed by atoms with van der Waals surface area (Å²) in [6, 6.07) is 17.0. The van der Waals surface area contributed by atoms with E-state index in [2.05, 4.69) is 15.1 Å². The monoisotopic (exact) mass is 375 g/mol. The van der Waals surface area contributed by atoms with E-state index in [-0.39, 0.29) is 4.90 Å². The molecule has 0 fully saturated rings. The van der Waals surface area contributed by atoms with Crippen LogP contribution in [0, 0.1) is 0 Å². The maximum absolute atomic E-state index is 12.2. The zero-order chi connectivity index (χ0) is 17.9. The van der Waals surface area contributed by atoms with Crippen molar-refractivity contribution in [2.24, 2.45) is 5.10 Å². The molecule has 0 aliphatic heterocycles. The molecule has 0 atom stereocenters. The molecule has 2 aromatic carbocycles. The van der Waals surface area contributed by atoms with E-state index in [1.54, 1.807) is 13.0 Å². The molecule has 1 aromatic heterocycles. The molecule has 8 heteroatoms. The van der Waals surface area contributed by atoms with Gasteiger partial charge in [-0.05, 0) is 31.2 Å². The molecule has 0 spiro atoms. The van der Waals surface area contributed by atoms with Gasteiger partial charge in [0.15, 0.2) is 5.76 Å². The number of benzene rings is 2. The molecule has 0 amide bonds. The number of hydrogen-bond donors (Lipinski definition) is 1. The molecular formula is C17H14ClN3O3S. The Morgan fingerprint density at radius 1 is 1.12 bits per heavy atom. The first-order valence-corrected chi connectivity index (χ1v) is 9.16. The third kappa shape index (κ3) is 4.07. The largest absolute Gasteiger partial charge is 0.354 e. The topological polar surface area (TPSA) is 84.6 Å². The number of rotatable bonds is 5. The fraction of sp³-hybridized carbons (Fsp3) is 0.0588. The van der Waals surface area contributed by atoms with Gasteiger partial charge in [0.1, 0.15) is 11.4 Å². The van der Waals surface area contributed by atoms with Crippen LogP contribution < -0.4 is 4.83 Å². The third-order valence-electron chi connectivity index (χ3n) is 3.39. The minimum atomic E-state index is -3.78. The van der Waals surface area contributed by atoms with Gasteiger partial charge in [-0.1, -0.05) is 47.1 Å². The third-order valence-corrected chi connectivity index (χ3v) is 4.87. The van der Waals surface area contributed by atoms with Crippen molar-refractivity contribution in [1.29, 1.82) is 0 Å². The van der Waals surface area contributed by atoms with Gasteiger partial charge in [-0.15, -0.1) is 0 Å². The van der Waals surface area contributed by atoms with E-state index >= 15 is 0 Å². The average Bonchev–Trinajstić information content (AvgIpc) is 3.11. The summed E-state index contributed by atoms with van der Waals surface area (Å²) in [6.45, 7) is 1.62. The number of sulfonamides is 1. The van der Waals surface area contributed by atoms with Crippen LogP contribution in [0.1, 0.15) is 12.7 Å². The first-order chi connectivity index (χ1) is 12.0. The molecule has 0 saturated heterocycles. The fourth-order valence-corrected chi connectivity index (χ4v) is 3.02. The Hall–Kier alpha value is -2.64. The molecule has 1 N–H and O–H groups in total. The van der Waals surface area contributed by atoms with E-state index in [0.717, 1.165) is 5.56 Å². The number of hydrazone groups is 1. The molecule has 0 unspecified atom stereocenters. The van der Waals surface area contributed by atoms with Gasteiger partial charge in [0.05, 0.1) is 4.90 Å². The van der Waals surface area contributed by atoms with Crippen LogP contribution in [-0.4, -0.2) is 19.3 Å². The SMILES string of the molecule is C/C(=N\NS(=O)(=O)c1ccc(Cl)cc1)c1cc(-c2ccccc2)no1. The van der Waals surface area contributed by atoms with Crippen LogP contribution >= 0.6 is 11.6 Å². The summed E-state index contributed by atoms with van der Waals surface area (Å²) in [5.41, 5.74) is 1.89. The smallest absolute Gasteiger partial charge is 0.276 e. The molecular weight excluding hydrogens is 362 g/mol. The highest BCUT2D eigenvalue weighted by atomic mass is 35.5. The second-order valence-electron chi connectivity index (χ2n) is 5.19. The Kier molecular flexibility index (Phi) is 4.87. The molecule has 1 heterocycles. The van der Waals surface area contributed by atoms with Crippen molar-refractivity contribution in [2.45, 2.75) is 11.8 Å². The van der Waals surface area contributed by atoms with E-state index in [1.165, 1.54) is 24.3 Å². The lowest BCUT2D eigenvalue weighted by atomic mass is 10.1. The summed E-state index contributed by atoms with van der Waals surface area (Å²) in [5, 5.41) is 8.31. The summed E-state index contributed by atoms with van der Waals surface area (Å²) in [4.78, 5) is 2.24. The van der Waals surface area contributed by atoms with Gasteiger partial charge in [0.25, 0.3) is 10.0 Å². The zero-order valence-corrected chi connectivity index (χ0v) is 14.8. The average molecular weight is 376 g/mol. The Morgan fingerprint density at radius 2 is 1.80 bits per heavy atom. The van der Waals surface area contributed by atoms with Crippen LogP contribution in [0.5, 0.6) is 0 Å². The minimum Gasteiger partial charge on any atom is -0.354 e. The molecule has 0 aliphatic carbocycles. The van der Waals surface area contributed by atoms with Crippen LogP contribution in [0.3, 0.4) is 0 Å². The molecule has 128 valence electrons. The van der Waals surface area contributed by atoms with Crippen LogP contribution in [0.15, 0.2) is 75.2 Å². The van der Waals surface area contributed by atoms with Crippen molar-refractivity contribution in [3.8, 4) is 11.3 Å². The summed E-state index contributed by atoms with van der Waals surface area (Å²) >= 11 is 5.76. The lowest BCUT2D eigenvalue weighted by molar-refractivity contribution is 0.415. The maximum atomic E-state index is 12.2. The molecule has 3 aromatic rings. The first-order valence-electron chi connectivity index (χ1n) is 7.30. The molecule has 6 nitrogen and oxygen atoms in total. The fourth-order valence-electron chi connectivity index (χ4n) is 2.04. The quantitative estimate of drug-likeness (QED) is 0.544. The Balaban J connectivity index is 1.78. The molecule has 25 heavy (non-hydrogen) atoms. The van der Waals surface area contributed by atoms with E-state index in [1.807, 2.05) is 30.3 Å². The van der Waals surface area contributed by atoms with E-state index in [4.69, 9.17) is 16.1 Å². The first kappa shape index (κ1) is 17.2. The molecule has 0 saturated carbocycles. The van der Waals surface area contributed by atoms with Gasteiger partial charge >= 0.3 is 0 Å². The molecule has 3 rings (SSSR count). The van der Waals surface area contributed by atoms with Crippen molar-refractivity contribution in [1.82, 2.24) is 9.99 Å². The van der Waals surface area contributed by atoms with Crippen LogP contribution in [0.4, 0.5) is 0 Å². The van der Waals surface area contributed by atoms with Crippen molar-refractivity contribution in [3.05, 3.63) is 71.4 Å². The van der Waals surface area contributed by atoms with Crippen LogP contribution in [0.2, 0.25) is 5.02 Å². The number of halogens is 1. The Morgan fingerprint density at radius 3 is 2.48 bits per heavy atom. The maximum Gasteiger partial charge on any atom is 0.276 e. The summed E-state index contributed by atoms with van der Waals surface area (Å²) in [7, 11) is -3.78. The van der Waals surface area contributed by atoms with Crippen molar-refractivity contribution in [2.75, 3.05) is 0 Å². The Bertz CT molecular complexity index is 997. The normalized spacial score (nSPS) is 12.2. The molecule has 0 radical (unpaired) electrons. The van der Waals surface area contributed by atoms with Gasteiger partial charge < -0.3 is 4.52 Å². The number of hydrogen-bond acceptors (Lipinski definition) is 5. The van der Waals surface area contributed by atoms with Crippen molar-refractivity contribution >= 4 is 27.3 Å². The van der Waals surface area contributed by atoms with Gasteiger partial charge in [-0.25, -0.2) is 0 Å². The minimum absolute atomic E-state index is 0.0657. The summed E-state index contributed by atoms with van der Waals surface area (Å²) in [6.07, 6.45) is 0. The number of nitrogens with one attached hydrogen (secondary N) is 1. The van der Waals surface area contributed by atoms with Gasteiger partial charge in [-0.3, -0.25) is 0 Å². The van der Waals surface area contributed by atoms with Gasteiger partial charge in [0, 0.05) is 16.7 Å². The van der Waals surface area contributed by atoms with Crippen molar-refractivity contribution in [3.63, 3.8) is 0 Å². The zero-order valence-electron chi connectivity index (χ0n) is 13.2. The van der Waals surface area contributed by atoms with Crippen molar-refractivity contribution < 1.29 is 12.9 Å². The van der Waals surface area contributed by atoms with Crippen LogP contribution in [0.25, 0.3) is 11.3 Å². The van der Waals surface area contributed by atoms with Gasteiger partial charge in [0.2, 0.25) is 0 Å². The predicted octanol–water partition coefficient (Wildman–Crippen LogP) is 3.70. The molecule has 0 bridgehead atoms. The van der Waals surface area contributed by atoms with Gasteiger partial charge in [-0.2, -0.15) is 18.4 Å². The highest BCUT2D eigenvalue weighted by molar-refractivity contribution is 7.89. The summed E-state index contributed by atoms with van der Waals surface area (Å²) in [5.74, 6) is 0.373. The lowest BCUT2D eigenvalue weighted by Gasteiger charge is -2.04. The summed E-state index contributed by atoms with van der Waals surface area (Å²) < 4.78 is 29.6. The van der Waals surface area contributed by atoms with E-state index in [9.17, 15) is 8.42 Å². The highest BCUT2D eigenvalue weighted by Crippen LogP contribution is 2.19. The number of aromatic nitrogens is 1. The van der Waals surface area contributed by atoms with Crippen LogP contribution in [-0.2, 0) is 10.0 Å². The standard InChI is InChI=1S/C17H14ClN3O3S/c1-12(17-11-16(20-24-17)13-5-3-2-4-6-13)19-21-25(22,23)15-9-7-14(18)8-10-15/h2-11,21H,1H3/b19-12+. The Labute approximate surface area is 150 Å². The second kappa shape index (κ2) is 7.08. The molecule has 0 aliphatic rings. The highest BCUT2D eigenvalue weighted by Gasteiger charge is 2.14. The van der Waals surface area contributed by atoms with E-state index in [0.29, 0.717) is 22.2 Å². The predicted molar refractivity (Wildman–Crippen MR) is 95.9 cm³/mol. The lowest BCUT2D eigenvalue weighted by Crippen LogP contribution is -2.19. The number of nitrogens with zero attached hydrogens (tertiary/aromatic N) is 2.